The van der Waals surface area contributed by atoms with Gasteiger partial charge in [-0.15, -0.1) is 0 Å². The Hall–Kier alpha value is -2.64. The minimum absolute atomic E-state index is 0.0910. The van der Waals surface area contributed by atoms with E-state index in [1.165, 1.54) is 13.3 Å². The summed E-state index contributed by atoms with van der Waals surface area (Å²) >= 11 is 0. The van der Waals surface area contributed by atoms with Crippen molar-refractivity contribution < 1.29 is 23.7 Å². The molecule has 0 radical (unpaired) electrons. The Morgan fingerprint density at radius 2 is 1.95 bits per heavy atom. The van der Waals surface area contributed by atoms with E-state index < -0.39 is 6.03 Å². The maximum Gasteiger partial charge on any atom is 0.332 e. The molecule has 2 rings (SSSR count). The van der Waals surface area contributed by atoms with Gasteiger partial charge in [0.2, 0.25) is 18.3 Å². The van der Waals surface area contributed by atoms with Crippen LogP contribution in [0.4, 0.5) is 4.79 Å². The van der Waals surface area contributed by atoms with E-state index in [1.807, 2.05) is 6.92 Å². The molecule has 0 bridgehead atoms. The van der Waals surface area contributed by atoms with Crippen molar-refractivity contribution >= 4 is 12.2 Å². The van der Waals surface area contributed by atoms with Crippen LogP contribution in [0.2, 0.25) is 0 Å². The molecule has 0 aliphatic carbocycles. The summed E-state index contributed by atoms with van der Waals surface area (Å²) in [6, 6.07) is -0.750. The van der Waals surface area contributed by atoms with E-state index in [4.69, 9.17) is 24.7 Å². The van der Waals surface area contributed by atoms with Crippen LogP contribution >= 0.6 is 0 Å². The van der Waals surface area contributed by atoms with Crippen molar-refractivity contribution in [2.24, 2.45) is 10.8 Å². The van der Waals surface area contributed by atoms with Crippen molar-refractivity contribution in [3.8, 4) is 23.0 Å². The highest BCUT2D eigenvalue weighted by atomic mass is 16.7. The second kappa shape index (κ2) is 6.88. The van der Waals surface area contributed by atoms with Crippen molar-refractivity contribution in [2.45, 2.75) is 19.8 Å². The van der Waals surface area contributed by atoms with Crippen molar-refractivity contribution in [2.75, 3.05) is 21.0 Å². The number of nitrogens with one attached hydrogen (secondary N) is 1. The summed E-state index contributed by atoms with van der Waals surface area (Å²) in [5, 5.41) is 3.81. The Bertz CT molecular complexity index is 601. The van der Waals surface area contributed by atoms with Gasteiger partial charge in [-0.05, 0) is 6.42 Å². The highest BCUT2D eigenvalue weighted by Gasteiger charge is 2.30. The van der Waals surface area contributed by atoms with Crippen LogP contribution in [-0.4, -0.2) is 33.3 Å². The predicted octanol–water partition coefficient (Wildman–Crippen LogP) is 1.39. The smallest absolute Gasteiger partial charge is 0.332 e. The van der Waals surface area contributed by atoms with E-state index in [9.17, 15) is 4.79 Å². The predicted molar refractivity (Wildman–Crippen MR) is 80.0 cm³/mol. The molecular formula is C14H19N3O5. The molecule has 0 saturated carbocycles. The zero-order valence-corrected chi connectivity index (χ0v) is 12.8. The lowest BCUT2D eigenvalue weighted by Gasteiger charge is -2.17. The highest BCUT2D eigenvalue weighted by molar-refractivity contribution is 5.91. The van der Waals surface area contributed by atoms with E-state index in [0.29, 0.717) is 35.0 Å². The van der Waals surface area contributed by atoms with Gasteiger partial charge in [-0.1, -0.05) is 13.3 Å². The third kappa shape index (κ3) is 2.85. The van der Waals surface area contributed by atoms with Crippen LogP contribution in [0.25, 0.3) is 0 Å². The van der Waals surface area contributed by atoms with E-state index in [-0.39, 0.29) is 6.79 Å². The summed E-state index contributed by atoms with van der Waals surface area (Å²) in [6.07, 6.45) is 3.05. The molecule has 2 amide bonds. The number of nitrogens with zero attached hydrogens (tertiary/aromatic N) is 1. The molecule has 0 fully saturated rings. The van der Waals surface area contributed by atoms with Gasteiger partial charge in [0, 0.05) is 11.1 Å². The van der Waals surface area contributed by atoms with Crippen LogP contribution in [0.5, 0.6) is 23.0 Å². The average molecular weight is 309 g/mol. The monoisotopic (exact) mass is 309 g/mol. The zero-order valence-electron chi connectivity index (χ0n) is 12.8. The lowest BCUT2D eigenvalue weighted by Crippen LogP contribution is -2.24. The molecule has 0 spiro atoms. The number of carbonyl (C=O) groups excluding carboxylic acids is 1. The van der Waals surface area contributed by atoms with Crippen molar-refractivity contribution in [3.05, 3.63) is 11.1 Å². The lowest BCUT2D eigenvalue weighted by atomic mass is 10.00. The molecule has 1 heterocycles. The standard InChI is InChI=1S/C14H19N3O5/c1-4-5-8-9(6-16-17-14(15)18)11(20-3)13-12(10(8)19-2)21-7-22-13/h6H,4-5,7H2,1-3H3,(H3,15,17,18). The van der Waals surface area contributed by atoms with Gasteiger partial charge in [-0.3, -0.25) is 0 Å². The van der Waals surface area contributed by atoms with E-state index in [2.05, 4.69) is 10.5 Å². The number of ether oxygens (including phenoxy) is 4. The molecule has 1 aliphatic heterocycles. The fourth-order valence-electron chi connectivity index (χ4n) is 2.35. The third-order valence-corrected chi connectivity index (χ3v) is 3.15. The Balaban J connectivity index is 2.61. The quantitative estimate of drug-likeness (QED) is 0.610. The SMILES string of the molecule is CCCc1c(C=NNC(N)=O)c(OC)c2c(c1OC)OCO2. The zero-order chi connectivity index (χ0) is 16.1. The van der Waals surface area contributed by atoms with Crippen molar-refractivity contribution in [1.29, 1.82) is 0 Å². The van der Waals surface area contributed by atoms with E-state index in [1.54, 1.807) is 7.11 Å². The third-order valence-electron chi connectivity index (χ3n) is 3.15. The van der Waals surface area contributed by atoms with Crippen LogP contribution in [0, 0.1) is 0 Å². The number of urea groups is 1. The number of carbonyl (C=O) groups is 1. The number of amides is 2. The highest BCUT2D eigenvalue weighted by Crippen LogP contribution is 2.51. The Morgan fingerprint density at radius 3 is 2.50 bits per heavy atom. The summed E-state index contributed by atoms with van der Waals surface area (Å²) in [7, 11) is 3.09. The number of hydrogen-bond acceptors (Lipinski definition) is 6. The number of methoxy groups -OCH3 is 2. The lowest BCUT2D eigenvalue weighted by molar-refractivity contribution is 0.168. The number of rotatable bonds is 6. The second-order valence-electron chi connectivity index (χ2n) is 4.51. The van der Waals surface area contributed by atoms with Crippen molar-refractivity contribution in [3.63, 3.8) is 0 Å². The number of fused-ring (bicyclic) bond motifs is 1. The molecule has 1 aromatic carbocycles. The fourth-order valence-corrected chi connectivity index (χ4v) is 2.35. The topological polar surface area (TPSA) is 104 Å². The van der Waals surface area contributed by atoms with E-state index in [0.717, 1.165) is 12.0 Å². The molecule has 0 unspecified atom stereocenters. The number of nitrogens with two attached hydrogens (primary N) is 1. The molecule has 0 aromatic heterocycles. The molecule has 0 atom stereocenters. The molecule has 1 aliphatic rings. The van der Waals surface area contributed by atoms with Gasteiger partial charge in [0.15, 0.2) is 11.5 Å². The van der Waals surface area contributed by atoms with Crippen LogP contribution < -0.4 is 30.1 Å². The maximum atomic E-state index is 10.8. The average Bonchev–Trinajstić information content (AvgIpc) is 2.96. The van der Waals surface area contributed by atoms with Crippen LogP contribution in [0.3, 0.4) is 0 Å². The first kappa shape index (κ1) is 15.7. The van der Waals surface area contributed by atoms with Crippen LogP contribution in [-0.2, 0) is 6.42 Å². The minimum atomic E-state index is -0.750. The van der Waals surface area contributed by atoms with Gasteiger partial charge in [-0.25, -0.2) is 10.2 Å². The summed E-state index contributed by atoms with van der Waals surface area (Å²) in [5.41, 5.74) is 8.68. The van der Waals surface area contributed by atoms with Gasteiger partial charge in [0.25, 0.3) is 0 Å². The van der Waals surface area contributed by atoms with Crippen LogP contribution in [0.1, 0.15) is 24.5 Å². The normalized spacial score (nSPS) is 12.5. The van der Waals surface area contributed by atoms with Gasteiger partial charge in [-0.2, -0.15) is 5.10 Å². The van der Waals surface area contributed by atoms with Gasteiger partial charge >= 0.3 is 6.03 Å². The largest absolute Gasteiger partial charge is 0.492 e. The molecular weight excluding hydrogens is 290 g/mol. The molecule has 8 heteroatoms. The second-order valence-corrected chi connectivity index (χ2v) is 4.51. The summed E-state index contributed by atoms with van der Waals surface area (Å²) in [6.45, 7) is 2.13. The number of primary amides is 1. The molecule has 0 saturated heterocycles. The van der Waals surface area contributed by atoms with Gasteiger partial charge in [0.1, 0.15) is 0 Å². The van der Waals surface area contributed by atoms with Crippen molar-refractivity contribution in [1.82, 2.24) is 5.43 Å². The molecule has 120 valence electrons. The summed E-state index contributed by atoms with van der Waals surface area (Å²) < 4.78 is 21.9. The Kier molecular flexibility index (Phi) is 4.92. The number of benzene rings is 1. The Morgan fingerprint density at radius 1 is 1.32 bits per heavy atom. The first-order valence-electron chi connectivity index (χ1n) is 6.78. The molecule has 8 nitrogen and oxygen atoms in total. The van der Waals surface area contributed by atoms with Crippen LogP contribution in [0.15, 0.2) is 5.10 Å². The van der Waals surface area contributed by atoms with Gasteiger partial charge in [0.05, 0.1) is 20.4 Å². The first-order chi connectivity index (χ1) is 10.6. The summed E-state index contributed by atoms with van der Waals surface area (Å²) in [4.78, 5) is 10.8. The summed E-state index contributed by atoms with van der Waals surface area (Å²) in [5.74, 6) is 2.03. The fraction of sp³-hybridized carbons (Fsp3) is 0.429. The molecule has 1 aromatic rings. The number of hydrazone groups is 1. The number of hydrogen-bond donors (Lipinski definition) is 2. The first-order valence-corrected chi connectivity index (χ1v) is 6.78. The van der Waals surface area contributed by atoms with E-state index >= 15 is 0 Å². The molecule has 22 heavy (non-hydrogen) atoms. The van der Waals surface area contributed by atoms with Gasteiger partial charge < -0.3 is 24.7 Å². The Labute approximate surface area is 128 Å². The maximum absolute atomic E-state index is 10.8. The minimum Gasteiger partial charge on any atom is -0.492 e. The molecule has 3 N–H and O–H groups in total.